The second-order valence-electron chi connectivity index (χ2n) is 6.61. The Bertz CT molecular complexity index is 782. The van der Waals surface area contributed by atoms with E-state index < -0.39 is 5.41 Å². The minimum absolute atomic E-state index is 0. The van der Waals surface area contributed by atoms with Crippen LogP contribution in [0.2, 0.25) is 0 Å². The molecule has 0 fully saturated rings. The number of benzene rings is 2. The topological polar surface area (TPSA) is 68.9 Å². The highest BCUT2D eigenvalue weighted by atomic mass is 127. The van der Waals surface area contributed by atoms with Crippen molar-refractivity contribution in [3.63, 3.8) is 0 Å². The zero-order valence-corrected chi connectivity index (χ0v) is 18.4. The third-order valence-corrected chi connectivity index (χ3v) is 4.19. The molecule has 2 aromatic carbocycles. The molecule has 2 rings (SSSR count). The number of hydrogen-bond acceptors (Lipinski definition) is 3. The van der Waals surface area contributed by atoms with E-state index in [2.05, 4.69) is 10.3 Å². The summed E-state index contributed by atoms with van der Waals surface area (Å²) in [5.74, 6) is 1.40. The number of nitrogens with one attached hydrogen (secondary N) is 1. The third-order valence-electron chi connectivity index (χ3n) is 4.19. The molecule has 0 heterocycles. The van der Waals surface area contributed by atoms with Crippen LogP contribution in [-0.2, 0) is 12.0 Å². The summed E-state index contributed by atoms with van der Waals surface area (Å²) in [5, 5.41) is 3.08. The van der Waals surface area contributed by atoms with Crippen LogP contribution in [0.3, 0.4) is 0 Å². The molecule has 0 aromatic heterocycles. The summed E-state index contributed by atoms with van der Waals surface area (Å²) in [6.07, 6.45) is 0. The molecular formula is C20H27FIN3O2. The van der Waals surface area contributed by atoms with Crippen LogP contribution in [0.1, 0.15) is 25.0 Å². The Morgan fingerprint density at radius 2 is 1.78 bits per heavy atom. The van der Waals surface area contributed by atoms with E-state index in [0.717, 1.165) is 5.56 Å². The molecule has 0 aliphatic rings. The SMILES string of the molecule is COc1ccc(CN=C(N)NCC(C)(C)c2ccccc2F)cc1OC.I. The van der Waals surface area contributed by atoms with Gasteiger partial charge in [0.05, 0.1) is 20.8 Å². The summed E-state index contributed by atoms with van der Waals surface area (Å²) in [6, 6.07) is 12.4. The van der Waals surface area contributed by atoms with E-state index >= 15 is 0 Å². The van der Waals surface area contributed by atoms with Crippen molar-refractivity contribution in [2.75, 3.05) is 20.8 Å². The van der Waals surface area contributed by atoms with Crippen LogP contribution in [0.4, 0.5) is 4.39 Å². The van der Waals surface area contributed by atoms with E-state index in [9.17, 15) is 4.39 Å². The lowest BCUT2D eigenvalue weighted by Gasteiger charge is -2.26. The van der Waals surface area contributed by atoms with E-state index in [4.69, 9.17) is 15.2 Å². The lowest BCUT2D eigenvalue weighted by Crippen LogP contribution is -2.41. The number of hydrogen-bond donors (Lipinski definition) is 2. The Morgan fingerprint density at radius 1 is 1.11 bits per heavy atom. The van der Waals surface area contributed by atoms with Crippen LogP contribution in [-0.4, -0.2) is 26.7 Å². The predicted octanol–water partition coefficient (Wildman–Crippen LogP) is 3.84. The molecule has 7 heteroatoms. The molecule has 0 spiro atoms. The van der Waals surface area contributed by atoms with E-state index in [1.807, 2.05) is 38.1 Å². The molecule has 0 amide bonds. The van der Waals surface area contributed by atoms with Gasteiger partial charge >= 0.3 is 0 Å². The Balaban J connectivity index is 0.00000364. The second kappa shape index (κ2) is 10.3. The van der Waals surface area contributed by atoms with Gasteiger partial charge in [-0.15, -0.1) is 24.0 Å². The van der Waals surface area contributed by atoms with E-state index in [0.29, 0.717) is 36.1 Å². The highest BCUT2D eigenvalue weighted by molar-refractivity contribution is 14.0. The van der Waals surface area contributed by atoms with E-state index in [1.54, 1.807) is 26.4 Å². The van der Waals surface area contributed by atoms with Crippen LogP contribution in [0.25, 0.3) is 0 Å². The fourth-order valence-electron chi connectivity index (χ4n) is 2.63. The smallest absolute Gasteiger partial charge is 0.188 e. The molecule has 0 radical (unpaired) electrons. The molecule has 2 aromatic rings. The first-order valence-electron chi connectivity index (χ1n) is 8.37. The molecule has 0 atom stereocenters. The minimum atomic E-state index is -0.422. The van der Waals surface area contributed by atoms with Crippen LogP contribution in [0.15, 0.2) is 47.5 Å². The molecule has 0 aliphatic heterocycles. The maximum absolute atomic E-state index is 14.0. The molecule has 0 aliphatic carbocycles. The lowest BCUT2D eigenvalue weighted by atomic mass is 9.84. The molecule has 5 nitrogen and oxygen atoms in total. The summed E-state index contributed by atoms with van der Waals surface area (Å²) in [5.41, 5.74) is 7.12. The first-order valence-corrected chi connectivity index (χ1v) is 8.37. The molecule has 0 saturated heterocycles. The monoisotopic (exact) mass is 487 g/mol. The normalized spacial score (nSPS) is 11.5. The van der Waals surface area contributed by atoms with Crippen molar-refractivity contribution in [1.29, 1.82) is 0 Å². The first kappa shape index (κ1) is 23.0. The van der Waals surface area contributed by atoms with Crippen molar-refractivity contribution >= 4 is 29.9 Å². The Labute approximate surface area is 177 Å². The van der Waals surface area contributed by atoms with Crippen LogP contribution in [0, 0.1) is 5.82 Å². The van der Waals surface area contributed by atoms with Gasteiger partial charge in [-0.1, -0.05) is 38.1 Å². The number of halogens is 2. The molecular weight excluding hydrogens is 460 g/mol. The lowest BCUT2D eigenvalue weighted by molar-refractivity contribution is 0.354. The van der Waals surface area contributed by atoms with Gasteiger partial charge in [-0.25, -0.2) is 9.38 Å². The average Bonchev–Trinajstić information content (AvgIpc) is 2.64. The van der Waals surface area contributed by atoms with Crippen LogP contribution in [0.5, 0.6) is 11.5 Å². The number of ether oxygens (including phenoxy) is 2. The van der Waals surface area contributed by atoms with E-state index in [1.165, 1.54) is 6.07 Å². The van der Waals surface area contributed by atoms with Gasteiger partial charge in [0.15, 0.2) is 17.5 Å². The average molecular weight is 487 g/mol. The Morgan fingerprint density at radius 3 is 2.41 bits per heavy atom. The zero-order chi connectivity index (χ0) is 19.2. The van der Waals surface area contributed by atoms with Gasteiger partial charge in [0, 0.05) is 12.0 Å². The van der Waals surface area contributed by atoms with Gasteiger partial charge in [0.2, 0.25) is 0 Å². The number of aliphatic imine (C=N–C) groups is 1. The van der Waals surface area contributed by atoms with Gasteiger partial charge in [0.1, 0.15) is 5.82 Å². The molecule has 148 valence electrons. The second-order valence-corrected chi connectivity index (χ2v) is 6.61. The standard InChI is InChI=1S/C20H26FN3O2.HI/c1-20(2,15-7-5-6-8-16(15)21)13-24-19(22)23-12-14-9-10-17(25-3)18(11-14)26-4;/h5-11H,12-13H2,1-4H3,(H3,22,23,24);1H. The molecule has 0 saturated carbocycles. The summed E-state index contributed by atoms with van der Waals surface area (Å²) in [7, 11) is 3.18. The van der Waals surface area contributed by atoms with Crippen molar-refractivity contribution in [3.8, 4) is 11.5 Å². The molecule has 3 N–H and O–H groups in total. The number of nitrogens with two attached hydrogens (primary N) is 1. The fraction of sp³-hybridized carbons (Fsp3) is 0.350. The number of methoxy groups -OCH3 is 2. The number of nitrogens with zero attached hydrogens (tertiary/aromatic N) is 1. The highest BCUT2D eigenvalue weighted by Crippen LogP contribution is 2.28. The summed E-state index contributed by atoms with van der Waals surface area (Å²) >= 11 is 0. The van der Waals surface area contributed by atoms with Crippen molar-refractivity contribution in [2.45, 2.75) is 25.8 Å². The minimum Gasteiger partial charge on any atom is -0.493 e. The largest absolute Gasteiger partial charge is 0.493 e. The van der Waals surface area contributed by atoms with Gasteiger partial charge < -0.3 is 20.5 Å². The van der Waals surface area contributed by atoms with Crippen molar-refractivity contribution in [3.05, 3.63) is 59.4 Å². The molecule has 0 unspecified atom stereocenters. The van der Waals surface area contributed by atoms with E-state index in [-0.39, 0.29) is 29.8 Å². The molecule has 27 heavy (non-hydrogen) atoms. The highest BCUT2D eigenvalue weighted by Gasteiger charge is 2.23. The molecule has 0 bridgehead atoms. The van der Waals surface area contributed by atoms with Crippen LogP contribution >= 0.6 is 24.0 Å². The predicted molar refractivity (Wildman–Crippen MR) is 118 cm³/mol. The number of guanidine groups is 1. The van der Waals surface area contributed by atoms with Crippen molar-refractivity contribution < 1.29 is 13.9 Å². The summed E-state index contributed by atoms with van der Waals surface area (Å²) < 4.78 is 24.5. The van der Waals surface area contributed by atoms with Gasteiger partial charge in [0.25, 0.3) is 0 Å². The van der Waals surface area contributed by atoms with Gasteiger partial charge in [-0.2, -0.15) is 0 Å². The summed E-state index contributed by atoms with van der Waals surface area (Å²) in [4.78, 5) is 4.34. The first-order chi connectivity index (χ1) is 12.4. The maximum Gasteiger partial charge on any atom is 0.188 e. The van der Waals surface area contributed by atoms with Gasteiger partial charge in [-0.05, 0) is 29.3 Å². The fourth-order valence-corrected chi connectivity index (χ4v) is 2.63. The number of rotatable bonds is 7. The quantitative estimate of drug-likeness (QED) is 0.354. The Hall–Kier alpha value is -2.03. The maximum atomic E-state index is 14.0. The summed E-state index contributed by atoms with van der Waals surface area (Å²) in [6.45, 7) is 4.79. The van der Waals surface area contributed by atoms with Crippen molar-refractivity contribution in [2.24, 2.45) is 10.7 Å². The third kappa shape index (κ3) is 6.27. The van der Waals surface area contributed by atoms with Gasteiger partial charge in [-0.3, -0.25) is 0 Å². The van der Waals surface area contributed by atoms with Crippen molar-refractivity contribution in [1.82, 2.24) is 5.32 Å². The Kier molecular flexibility index (Phi) is 8.81. The zero-order valence-electron chi connectivity index (χ0n) is 16.1. The van der Waals surface area contributed by atoms with Crippen LogP contribution < -0.4 is 20.5 Å².